The highest BCUT2D eigenvalue weighted by atomic mass is 16.1. The van der Waals surface area contributed by atoms with E-state index in [9.17, 15) is 4.79 Å². The van der Waals surface area contributed by atoms with E-state index in [2.05, 4.69) is 45.2 Å². The Bertz CT molecular complexity index is 1170. The molecule has 1 aliphatic rings. The molecule has 3 aromatic heterocycles. The van der Waals surface area contributed by atoms with Crippen LogP contribution >= 0.6 is 0 Å². The van der Waals surface area contributed by atoms with Crippen LogP contribution in [0.15, 0.2) is 55.0 Å². The number of nitrogens with zero attached hydrogens (tertiary/aromatic N) is 5. The van der Waals surface area contributed by atoms with Crippen molar-refractivity contribution in [2.24, 2.45) is 0 Å². The van der Waals surface area contributed by atoms with Gasteiger partial charge in [0.15, 0.2) is 11.6 Å². The Morgan fingerprint density at radius 3 is 2.78 bits per heavy atom. The van der Waals surface area contributed by atoms with Crippen molar-refractivity contribution in [1.29, 1.82) is 0 Å². The molecule has 1 aliphatic carbocycles. The molecule has 0 fully saturated rings. The molecule has 0 radical (unpaired) electrons. The number of fused-ring (bicyclic) bond motifs is 3. The summed E-state index contributed by atoms with van der Waals surface area (Å²) in [6, 6.07) is 12.1. The average Bonchev–Trinajstić information content (AvgIpc) is 3.13. The summed E-state index contributed by atoms with van der Waals surface area (Å²) in [5.41, 5.74) is 4.80. The van der Waals surface area contributed by atoms with Gasteiger partial charge in [-0.2, -0.15) is 9.50 Å². The molecular formula is C21H17N5O. The van der Waals surface area contributed by atoms with Gasteiger partial charge in [0.25, 0.3) is 5.78 Å². The fourth-order valence-corrected chi connectivity index (χ4v) is 3.73. The van der Waals surface area contributed by atoms with Crippen molar-refractivity contribution in [3.8, 4) is 11.4 Å². The minimum atomic E-state index is 0.109. The van der Waals surface area contributed by atoms with Gasteiger partial charge in [0.05, 0.1) is 11.3 Å². The van der Waals surface area contributed by atoms with Crippen molar-refractivity contribution in [3.05, 3.63) is 77.4 Å². The normalized spacial score (nSPS) is 16.5. The number of aryl methyl sites for hydroxylation is 1. The first-order chi connectivity index (χ1) is 13.2. The lowest BCUT2D eigenvalue weighted by Gasteiger charge is -2.24. The summed E-state index contributed by atoms with van der Waals surface area (Å²) in [4.78, 5) is 25.7. The van der Waals surface area contributed by atoms with Gasteiger partial charge in [-0.25, -0.2) is 4.98 Å². The lowest BCUT2D eigenvalue weighted by molar-refractivity contribution is 0.0962. The monoisotopic (exact) mass is 355 g/mol. The van der Waals surface area contributed by atoms with Crippen molar-refractivity contribution in [3.63, 3.8) is 0 Å². The highest BCUT2D eigenvalue weighted by Gasteiger charge is 2.29. The highest BCUT2D eigenvalue weighted by molar-refractivity contribution is 5.98. The first-order valence-corrected chi connectivity index (χ1v) is 8.94. The van der Waals surface area contributed by atoms with Gasteiger partial charge in [0.2, 0.25) is 0 Å². The third-order valence-electron chi connectivity index (χ3n) is 5.09. The maximum absolute atomic E-state index is 12.8. The van der Waals surface area contributed by atoms with Gasteiger partial charge in [-0.1, -0.05) is 29.8 Å². The molecule has 0 saturated heterocycles. The van der Waals surface area contributed by atoms with Gasteiger partial charge in [-0.3, -0.25) is 9.78 Å². The molecule has 6 nitrogen and oxygen atoms in total. The van der Waals surface area contributed by atoms with Crippen molar-refractivity contribution in [2.75, 3.05) is 0 Å². The number of hydrogen-bond acceptors (Lipinski definition) is 5. The molecule has 1 aromatic carbocycles. The van der Waals surface area contributed by atoms with Gasteiger partial charge in [0, 0.05) is 30.6 Å². The SMILES string of the molecule is Cc1cccc(C2CC(=O)c3cnc4nc(-c5ccncc5)nn4c3C2)c1. The lowest BCUT2D eigenvalue weighted by atomic mass is 9.82. The van der Waals surface area contributed by atoms with Crippen LogP contribution in [0.4, 0.5) is 0 Å². The summed E-state index contributed by atoms with van der Waals surface area (Å²) < 4.78 is 1.73. The third kappa shape index (κ3) is 2.70. The van der Waals surface area contributed by atoms with Crippen molar-refractivity contribution in [1.82, 2.24) is 24.6 Å². The summed E-state index contributed by atoms with van der Waals surface area (Å²) in [5, 5.41) is 4.64. The van der Waals surface area contributed by atoms with Crippen molar-refractivity contribution in [2.45, 2.75) is 25.7 Å². The molecule has 6 heteroatoms. The van der Waals surface area contributed by atoms with Crippen LogP contribution in [0.25, 0.3) is 17.2 Å². The Morgan fingerprint density at radius 2 is 1.96 bits per heavy atom. The first-order valence-electron chi connectivity index (χ1n) is 8.94. The zero-order valence-electron chi connectivity index (χ0n) is 14.8. The van der Waals surface area contributed by atoms with Crippen molar-refractivity contribution >= 4 is 11.6 Å². The van der Waals surface area contributed by atoms with Gasteiger partial charge >= 0.3 is 0 Å². The molecule has 0 saturated carbocycles. The maximum atomic E-state index is 12.8. The first kappa shape index (κ1) is 15.8. The molecule has 1 unspecified atom stereocenters. The second-order valence-electron chi connectivity index (χ2n) is 6.94. The molecule has 0 N–H and O–H groups in total. The number of carbonyl (C=O) groups is 1. The predicted octanol–water partition coefficient (Wildman–Crippen LogP) is 3.41. The molecule has 0 aliphatic heterocycles. The van der Waals surface area contributed by atoms with Crippen LogP contribution in [0.1, 0.15) is 39.5 Å². The molecule has 0 spiro atoms. The molecule has 0 amide bonds. The second kappa shape index (κ2) is 6.09. The van der Waals surface area contributed by atoms with Crippen LogP contribution in [0.2, 0.25) is 0 Å². The third-order valence-corrected chi connectivity index (χ3v) is 5.09. The van der Waals surface area contributed by atoms with Gasteiger partial charge in [-0.15, -0.1) is 5.10 Å². The molecule has 132 valence electrons. The summed E-state index contributed by atoms with van der Waals surface area (Å²) in [6.07, 6.45) is 6.30. The van der Waals surface area contributed by atoms with E-state index in [0.717, 1.165) is 17.7 Å². The molecule has 27 heavy (non-hydrogen) atoms. The number of benzene rings is 1. The Kier molecular flexibility index (Phi) is 3.57. The zero-order valence-corrected chi connectivity index (χ0v) is 14.8. The molecular weight excluding hydrogens is 338 g/mol. The van der Waals surface area contributed by atoms with Crippen LogP contribution in [0.3, 0.4) is 0 Å². The maximum Gasteiger partial charge on any atom is 0.252 e. The van der Waals surface area contributed by atoms with Crippen LogP contribution in [0.5, 0.6) is 0 Å². The Balaban J connectivity index is 1.62. The van der Waals surface area contributed by atoms with E-state index >= 15 is 0 Å². The van der Waals surface area contributed by atoms with Crippen LogP contribution in [-0.2, 0) is 6.42 Å². The van der Waals surface area contributed by atoms with E-state index in [1.807, 2.05) is 18.2 Å². The molecule has 3 heterocycles. The Morgan fingerprint density at radius 1 is 1.11 bits per heavy atom. The van der Waals surface area contributed by atoms with Crippen molar-refractivity contribution < 1.29 is 4.79 Å². The van der Waals surface area contributed by atoms with Crippen LogP contribution in [-0.4, -0.2) is 30.3 Å². The van der Waals surface area contributed by atoms with E-state index in [4.69, 9.17) is 0 Å². The van der Waals surface area contributed by atoms with Crippen LogP contribution < -0.4 is 0 Å². The van der Waals surface area contributed by atoms with E-state index in [0.29, 0.717) is 23.6 Å². The largest absolute Gasteiger partial charge is 0.294 e. The minimum absolute atomic E-state index is 0.109. The Labute approximate surface area is 155 Å². The summed E-state index contributed by atoms with van der Waals surface area (Å²) in [5.74, 6) is 1.35. The van der Waals surface area contributed by atoms with E-state index in [1.165, 1.54) is 11.1 Å². The number of aromatic nitrogens is 5. The standard InChI is InChI=1S/C21H17N5O/c1-13-3-2-4-15(9-13)16-10-18-17(19(27)11-16)12-23-21-24-20(25-26(18)21)14-5-7-22-8-6-14/h2-9,12,16H,10-11H2,1H3. The number of carbonyl (C=O) groups excluding carboxylic acids is 1. The quantitative estimate of drug-likeness (QED) is 0.551. The predicted molar refractivity (Wildman–Crippen MR) is 101 cm³/mol. The molecule has 5 rings (SSSR count). The van der Waals surface area contributed by atoms with Crippen LogP contribution in [0, 0.1) is 6.92 Å². The fraction of sp³-hybridized carbons (Fsp3) is 0.190. The fourth-order valence-electron chi connectivity index (χ4n) is 3.73. The average molecular weight is 355 g/mol. The topological polar surface area (TPSA) is 73.0 Å². The zero-order chi connectivity index (χ0) is 18.4. The Hall–Kier alpha value is -3.41. The van der Waals surface area contributed by atoms with E-state index in [-0.39, 0.29) is 11.7 Å². The molecule has 4 aromatic rings. The van der Waals surface area contributed by atoms with E-state index in [1.54, 1.807) is 23.1 Å². The highest BCUT2D eigenvalue weighted by Crippen LogP contribution is 2.33. The smallest absolute Gasteiger partial charge is 0.252 e. The van der Waals surface area contributed by atoms with Gasteiger partial charge in [-0.05, 0) is 37.0 Å². The van der Waals surface area contributed by atoms with Gasteiger partial charge in [0.1, 0.15) is 0 Å². The summed E-state index contributed by atoms with van der Waals surface area (Å²) in [6.45, 7) is 2.07. The summed E-state index contributed by atoms with van der Waals surface area (Å²) >= 11 is 0. The number of Topliss-reactive ketones (excluding diaryl/α,β-unsaturated/α-hetero) is 1. The number of rotatable bonds is 2. The van der Waals surface area contributed by atoms with Gasteiger partial charge < -0.3 is 0 Å². The molecule has 1 atom stereocenters. The van der Waals surface area contributed by atoms with E-state index < -0.39 is 0 Å². The summed E-state index contributed by atoms with van der Waals surface area (Å²) in [7, 11) is 0. The lowest BCUT2D eigenvalue weighted by Crippen LogP contribution is -2.22. The number of pyridine rings is 1. The number of hydrogen-bond donors (Lipinski definition) is 0. The second-order valence-corrected chi connectivity index (χ2v) is 6.94. The number of ketones is 1. The molecule has 0 bridgehead atoms. The minimum Gasteiger partial charge on any atom is -0.294 e.